The van der Waals surface area contributed by atoms with Gasteiger partial charge in [-0.15, -0.1) is 11.8 Å². The van der Waals surface area contributed by atoms with Crippen LogP contribution in [0.4, 0.5) is 24.8 Å². The molecule has 10 nitrogen and oxygen atoms in total. The Kier molecular flexibility index (Phi) is 10.7. The molecule has 1 aromatic rings. The SMILES string of the molecule is CCN1C(=O)C(CNc2cccc(NC(=O)CN3CCSCC3)n2)SC1[C@H](NC)C(=O)NCC(F)(F)F. The van der Waals surface area contributed by atoms with E-state index in [-0.39, 0.29) is 18.4 Å². The number of nitrogens with one attached hydrogen (secondary N) is 4. The second kappa shape index (κ2) is 13.5. The zero-order valence-electron chi connectivity index (χ0n) is 20.6. The number of thioether (sulfide) groups is 2. The zero-order valence-corrected chi connectivity index (χ0v) is 22.3. The van der Waals surface area contributed by atoms with Gasteiger partial charge in [0.25, 0.3) is 0 Å². The molecule has 3 heterocycles. The summed E-state index contributed by atoms with van der Waals surface area (Å²) >= 11 is 3.07. The van der Waals surface area contributed by atoms with E-state index in [0.717, 1.165) is 24.6 Å². The number of carbonyl (C=O) groups is 3. The number of anilines is 2. The van der Waals surface area contributed by atoms with Gasteiger partial charge in [-0.2, -0.15) is 24.9 Å². The van der Waals surface area contributed by atoms with Gasteiger partial charge < -0.3 is 26.2 Å². The van der Waals surface area contributed by atoms with E-state index in [1.165, 1.54) is 23.7 Å². The third kappa shape index (κ3) is 8.65. The molecule has 15 heteroatoms. The van der Waals surface area contributed by atoms with Gasteiger partial charge >= 0.3 is 6.18 Å². The predicted octanol–water partition coefficient (Wildman–Crippen LogP) is 1.04. The molecule has 4 N–H and O–H groups in total. The molecule has 2 aliphatic heterocycles. The topological polar surface area (TPSA) is 119 Å². The van der Waals surface area contributed by atoms with Crippen molar-refractivity contribution in [2.45, 2.75) is 29.8 Å². The number of carbonyl (C=O) groups excluding carboxylic acids is 3. The van der Waals surface area contributed by atoms with E-state index in [9.17, 15) is 27.6 Å². The lowest BCUT2D eigenvalue weighted by atomic mass is 10.2. The number of nitrogens with zero attached hydrogens (tertiary/aromatic N) is 3. The highest BCUT2D eigenvalue weighted by Gasteiger charge is 2.45. The molecule has 0 radical (unpaired) electrons. The van der Waals surface area contributed by atoms with Crippen LogP contribution in [0.3, 0.4) is 0 Å². The lowest BCUT2D eigenvalue weighted by Gasteiger charge is -2.29. The summed E-state index contributed by atoms with van der Waals surface area (Å²) in [6.07, 6.45) is -4.53. The van der Waals surface area contributed by atoms with Crippen molar-refractivity contribution in [3.05, 3.63) is 18.2 Å². The van der Waals surface area contributed by atoms with Crippen molar-refractivity contribution in [1.82, 2.24) is 25.4 Å². The molecule has 2 saturated heterocycles. The number of hydrogen-bond acceptors (Lipinski definition) is 9. The Balaban J connectivity index is 1.56. The van der Waals surface area contributed by atoms with E-state index in [1.807, 2.05) is 17.1 Å². The maximum absolute atomic E-state index is 13.0. The van der Waals surface area contributed by atoms with Gasteiger partial charge in [0.05, 0.1) is 6.54 Å². The molecule has 3 rings (SSSR count). The first-order valence-electron chi connectivity index (χ1n) is 11.9. The van der Waals surface area contributed by atoms with Gasteiger partial charge in [0.15, 0.2) is 0 Å². The number of rotatable bonds is 11. The van der Waals surface area contributed by atoms with Gasteiger partial charge in [0.2, 0.25) is 17.7 Å². The second-order valence-electron chi connectivity index (χ2n) is 8.46. The monoisotopic (exact) mass is 563 g/mol. The molecule has 206 valence electrons. The summed E-state index contributed by atoms with van der Waals surface area (Å²) < 4.78 is 37.6. The number of aromatic nitrogens is 1. The van der Waals surface area contributed by atoms with Crippen LogP contribution in [0.1, 0.15) is 6.92 Å². The standard InChI is InChI=1S/C22H32F3N7O3S2/c1-3-32-20(35)14(37-21(32)18(26-2)19(34)28-13-22(23,24)25)11-27-15-5-4-6-16(29-15)30-17(33)12-31-7-9-36-10-8-31/h4-6,14,18,21,26H,3,7-13H2,1-2H3,(H,28,34)(H2,27,29,30,33)/t14?,18-,21?/m1/s1. The van der Waals surface area contributed by atoms with Crippen LogP contribution < -0.4 is 21.3 Å². The van der Waals surface area contributed by atoms with Crippen molar-refractivity contribution in [1.29, 1.82) is 0 Å². The fourth-order valence-electron chi connectivity index (χ4n) is 3.99. The Morgan fingerprint density at radius 1 is 1.22 bits per heavy atom. The Morgan fingerprint density at radius 3 is 2.57 bits per heavy atom. The second-order valence-corrected chi connectivity index (χ2v) is 11.0. The van der Waals surface area contributed by atoms with Crippen molar-refractivity contribution in [2.75, 3.05) is 68.5 Å². The normalized spacial score (nSPS) is 21.5. The first kappa shape index (κ1) is 29.3. The highest BCUT2D eigenvalue weighted by molar-refractivity contribution is 8.01. The van der Waals surface area contributed by atoms with Gasteiger partial charge in [-0.25, -0.2) is 4.98 Å². The number of pyridine rings is 1. The van der Waals surface area contributed by atoms with Crippen LogP contribution in [0.2, 0.25) is 0 Å². The average Bonchev–Trinajstić information content (AvgIpc) is 3.17. The summed E-state index contributed by atoms with van der Waals surface area (Å²) in [6.45, 7) is 2.83. The average molecular weight is 564 g/mol. The van der Waals surface area contributed by atoms with E-state index in [4.69, 9.17) is 0 Å². The van der Waals surface area contributed by atoms with E-state index in [2.05, 4.69) is 25.8 Å². The lowest BCUT2D eigenvalue weighted by molar-refractivity contribution is -0.140. The smallest absolute Gasteiger partial charge is 0.368 e. The minimum atomic E-state index is -4.53. The van der Waals surface area contributed by atoms with Crippen LogP contribution >= 0.6 is 23.5 Å². The molecule has 2 aliphatic rings. The summed E-state index contributed by atoms with van der Waals surface area (Å²) in [5.41, 5.74) is 0. The first-order valence-corrected chi connectivity index (χ1v) is 14.0. The third-order valence-corrected chi connectivity index (χ3v) is 8.25. The van der Waals surface area contributed by atoms with Gasteiger partial charge in [0.1, 0.15) is 34.8 Å². The first-order chi connectivity index (χ1) is 17.6. The summed E-state index contributed by atoms with van der Waals surface area (Å²) in [4.78, 5) is 45.7. The quantitative estimate of drug-likeness (QED) is 0.313. The molecule has 0 aromatic carbocycles. The molecule has 3 amide bonds. The Hall–Kier alpha value is -2.23. The molecule has 0 aliphatic carbocycles. The minimum Gasteiger partial charge on any atom is -0.368 e. The van der Waals surface area contributed by atoms with Crippen molar-refractivity contribution >= 4 is 52.9 Å². The molecule has 1 aromatic heterocycles. The summed E-state index contributed by atoms with van der Waals surface area (Å²) in [5, 5.41) is 9.27. The van der Waals surface area contributed by atoms with E-state index >= 15 is 0 Å². The lowest BCUT2D eigenvalue weighted by Crippen LogP contribution is -2.55. The predicted molar refractivity (Wildman–Crippen MR) is 140 cm³/mol. The Morgan fingerprint density at radius 2 is 1.92 bits per heavy atom. The third-order valence-electron chi connectivity index (χ3n) is 5.81. The molecular weight excluding hydrogens is 531 g/mol. The van der Waals surface area contributed by atoms with Gasteiger partial charge in [-0.05, 0) is 26.1 Å². The molecule has 0 bridgehead atoms. The van der Waals surface area contributed by atoms with Crippen LogP contribution in [0.15, 0.2) is 18.2 Å². The minimum absolute atomic E-state index is 0.151. The van der Waals surface area contributed by atoms with Crippen LogP contribution in [-0.4, -0.2) is 113 Å². The Labute approximate surface area is 222 Å². The van der Waals surface area contributed by atoms with Crippen LogP contribution in [0.25, 0.3) is 0 Å². The molecule has 3 atom stereocenters. The van der Waals surface area contributed by atoms with E-state index < -0.39 is 35.3 Å². The summed E-state index contributed by atoms with van der Waals surface area (Å²) in [6, 6.07) is 4.10. The van der Waals surface area contributed by atoms with Crippen LogP contribution in [0.5, 0.6) is 0 Å². The zero-order chi connectivity index (χ0) is 27.0. The van der Waals surface area contributed by atoms with E-state index in [1.54, 1.807) is 25.1 Å². The van der Waals surface area contributed by atoms with E-state index in [0.29, 0.717) is 24.7 Å². The summed E-state index contributed by atoms with van der Waals surface area (Å²) in [7, 11) is 1.47. The van der Waals surface area contributed by atoms with Crippen molar-refractivity contribution in [3.63, 3.8) is 0 Å². The number of alkyl halides is 3. The maximum atomic E-state index is 13.0. The molecule has 37 heavy (non-hydrogen) atoms. The highest BCUT2D eigenvalue weighted by atomic mass is 32.2. The van der Waals surface area contributed by atoms with Gasteiger partial charge in [0, 0.05) is 37.7 Å². The maximum Gasteiger partial charge on any atom is 0.405 e. The number of likely N-dealkylation sites (N-methyl/N-ethyl adjacent to an activating group) is 2. The fraction of sp³-hybridized carbons (Fsp3) is 0.636. The largest absolute Gasteiger partial charge is 0.405 e. The number of hydrogen-bond donors (Lipinski definition) is 4. The van der Waals surface area contributed by atoms with Crippen LogP contribution in [0, 0.1) is 0 Å². The number of halogens is 3. The summed E-state index contributed by atoms with van der Waals surface area (Å²) in [5.74, 6) is 1.65. The fourth-order valence-corrected chi connectivity index (χ4v) is 6.55. The number of amides is 3. The Bertz CT molecular complexity index is 950. The molecule has 2 fully saturated rings. The van der Waals surface area contributed by atoms with Gasteiger partial charge in [-0.3, -0.25) is 19.3 Å². The highest BCUT2D eigenvalue weighted by Crippen LogP contribution is 2.34. The van der Waals surface area contributed by atoms with Crippen molar-refractivity contribution < 1.29 is 27.6 Å². The molecular formula is C22H32F3N7O3S2. The molecule has 0 spiro atoms. The van der Waals surface area contributed by atoms with Crippen molar-refractivity contribution in [2.24, 2.45) is 0 Å². The van der Waals surface area contributed by atoms with Gasteiger partial charge in [-0.1, -0.05) is 6.07 Å². The molecule has 2 unspecified atom stereocenters. The molecule has 0 saturated carbocycles. The van der Waals surface area contributed by atoms with Crippen LogP contribution in [-0.2, 0) is 14.4 Å². The van der Waals surface area contributed by atoms with Crippen molar-refractivity contribution in [3.8, 4) is 0 Å².